The number of halogens is 1. The summed E-state index contributed by atoms with van der Waals surface area (Å²) in [7, 11) is 0. The van der Waals surface area contributed by atoms with E-state index in [1.165, 1.54) is 0 Å². The van der Waals surface area contributed by atoms with Crippen LogP contribution in [0.3, 0.4) is 0 Å². The smallest absolute Gasteiger partial charge is 0.151 e. The number of aliphatic hydroxyl groups excluding tert-OH is 2. The summed E-state index contributed by atoms with van der Waals surface area (Å²) in [5.41, 5.74) is 0.953. The highest BCUT2D eigenvalue weighted by Gasteiger charge is 2.33. The summed E-state index contributed by atoms with van der Waals surface area (Å²) >= 11 is 0. The molecular weight excluding hydrogens is 259 g/mol. The molecule has 2 aliphatic heterocycles. The fourth-order valence-electron chi connectivity index (χ4n) is 3.19. The van der Waals surface area contributed by atoms with E-state index in [0.29, 0.717) is 17.3 Å². The predicted octanol–water partition coefficient (Wildman–Crippen LogP) is 0.963. The number of hydrogen-bond acceptors (Lipinski definition) is 4. The summed E-state index contributed by atoms with van der Waals surface area (Å²) in [5.74, 6) is -0.298. The number of piperidine rings is 1. The molecule has 1 aromatic rings. The summed E-state index contributed by atoms with van der Waals surface area (Å²) in [4.78, 5) is 4.36. The molecule has 0 aromatic heterocycles. The molecule has 20 heavy (non-hydrogen) atoms. The van der Waals surface area contributed by atoms with Gasteiger partial charge in [-0.05, 0) is 18.9 Å². The zero-order valence-corrected chi connectivity index (χ0v) is 11.5. The maximum absolute atomic E-state index is 14.2. The van der Waals surface area contributed by atoms with Crippen LogP contribution in [-0.4, -0.2) is 53.4 Å². The van der Waals surface area contributed by atoms with Crippen LogP contribution >= 0.6 is 0 Å². The number of benzene rings is 1. The number of likely N-dealkylation sites (tertiary alicyclic amines) is 1. The van der Waals surface area contributed by atoms with Crippen molar-refractivity contribution in [3.05, 3.63) is 29.6 Å². The summed E-state index contributed by atoms with van der Waals surface area (Å²) in [6.45, 7) is 2.94. The van der Waals surface area contributed by atoms with E-state index in [-0.39, 0.29) is 18.5 Å². The highest BCUT2D eigenvalue weighted by Crippen LogP contribution is 2.28. The van der Waals surface area contributed by atoms with Gasteiger partial charge in [0, 0.05) is 37.8 Å². The molecule has 2 heterocycles. The Hall–Kier alpha value is -1.17. The lowest BCUT2D eigenvalue weighted by molar-refractivity contribution is -0.0301. The van der Waals surface area contributed by atoms with Crippen LogP contribution in [0, 0.1) is 5.82 Å². The van der Waals surface area contributed by atoms with Crippen LogP contribution in [-0.2, 0) is 6.61 Å². The third-order valence-corrected chi connectivity index (χ3v) is 4.44. The SMILES string of the molecule is OCc1cccc(N2CCC(N3CC(O)C3)CC2)c1F. The third kappa shape index (κ3) is 2.53. The van der Waals surface area contributed by atoms with E-state index >= 15 is 0 Å². The van der Waals surface area contributed by atoms with Crippen LogP contribution in [0.5, 0.6) is 0 Å². The van der Waals surface area contributed by atoms with Crippen LogP contribution in [0.15, 0.2) is 18.2 Å². The first-order chi connectivity index (χ1) is 9.69. The normalized spacial score (nSPS) is 22.1. The molecule has 110 valence electrons. The maximum Gasteiger partial charge on any atom is 0.151 e. The molecule has 3 rings (SSSR count). The Balaban J connectivity index is 1.63. The van der Waals surface area contributed by atoms with Gasteiger partial charge in [0.2, 0.25) is 0 Å². The standard InChI is InChI=1S/C15H21FN2O2/c16-15-11(10-19)2-1-3-14(15)17-6-4-12(5-7-17)18-8-13(20)9-18/h1-3,12-13,19-20H,4-10H2. The van der Waals surface area contributed by atoms with Crippen molar-refractivity contribution >= 4 is 5.69 Å². The number of rotatable bonds is 3. The molecule has 0 amide bonds. The number of β-amino-alcohol motifs (C(OH)–C–C–N with tert-alkyl or cyclic N) is 1. The molecule has 2 aliphatic rings. The zero-order valence-electron chi connectivity index (χ0n) is 11.5. The van der Waals surface area contributed by atoms with Gasteiger partial charge in [0.1, 0.15) is 0 Å². The van der Waals surface area contributed by atoms with Gasteiger partial charge < -0.3 is 15.1 Å². The van der Waals surface area contributed by atoms with E-state index in [4.69, 9.17) is 5.11 Å². The summed E-state index contributed by atoms with van der Waals surface area (Å²) in [6.07, 6.45) is 1.83. The van der Waals surface area contributed by atoms with Crippen LogP contribution in [0.25, 0.3) is 0 Å². The Kier molecular flexibility index (Phi) is 3.92. The minimum atomic E-state index is -0.298. The van der Waals surface area contributed by atoms with Gasteiger partial charge in [0.05, 0.1) is 18.4 Å². The quantitative estimate of drug-likeness (QED) is 0.866. The average molecular weight is 280 g/mol. The highest BCUT2D eigenvalue weighted by atomic mass is 19.1. The van der Waals surface area contributed by atoms with E-state index < -0.39 is 0 Å². The fraction of sp³-hybridized carbons (Fsp3) is 0.600. The second kappa shape index (κ2) is 5.68. The lowest BCUT2D eigenvalue weighted by Crippen LogP contribution is -2.57. The minimum Gasteiger partial charge on any atom is -0.392 e. The van der Waals surface area contributed by atoms with Gasteiger partial charge in [-0.15, -0.1) is 0 Å². The number of nitrogens with zero attached hydrogens (tertiary/aromatic N) is 2. The first-order valence-corrected chi connectivity index (χ1v) is 7.24. The fourth-order valence-corrected chi connectivity index (χ4v) is 3.19. The van der Waals surface area contributed by atoms with E-state index in [1.54, 1.807) is 18.2 Å². The van der Waals surface area contributed by atoms with Crippen molar-refractivity contribution in [2.75, 3.05) is 31.1 Å². The minimum absolute atomic E-state index is 0.160. The lowest BCUT2D eigenvalue weighted by Gasteiger charge is -2.45. The maximum atomic E-state index is 14.2. The van der Waals surface area contributed by atoms with Gasteiger partial charge in [-0.1, -0.05) is 12.1 Å². The molecule has 0 unspecified atom stereocenters. The molecule has 2 saturated heterocycles. The van der Waals surface area contributed by atoms with Crippen molar-refractivity contribution in [2.24, 2.45) is 0 Å². The van der Waals surface area contributed by atoms with E-state index in [1.807, 2.05) is 0 Å². The van der Waals surface area contributed by atoms with E-state index in [2.05, 4.69) is 9.80 Å². The zero-order chi connectivity index (χ0) is 14.1. The largest absolute Gasteiger partial charge is 0.392 e. The van der Waals surface area contributed by atoms with Crippen molar-refractivity contribution < 1.29 is 14.6 Å². The van der Waals surface area contributed by atoms with Crippen molar-refractivity contribution in [3.8, 4) is 0 Å². The van der Waals surface area contributed by atoms with E-state index in [9.17, 15) is 9.50 Å². The molecule has 0 radical (unpaired) electrons. The second-order valence-corrected chi connectivity index (χ2v) is 5.73. The molecular formula is C15H21FN2O2. The molecule has 1 aromatic carbocycles. The molecule has 0 spiro atoms. The van der Waals surface area contributed by atoms with Crippen molar-refractivity contribution in [2.45, 2.75) is 31.6 Å². The molecule has 0 aliphatic carbocycles. The lowest BCUT2D eigenvalue weighted by atomic mass is 9.98. The molecule has 2 N–H and O–H groups in total. The van der Waals surface area contributed by atoms with Gasteiger partial charge in [-0.25, -0.2) is 4.39 Å². The van der Waals surface area contributed by atoms with Gasteiger partial charge in [0.15, 0.2) is 5.82 Å². The molecule has 4 nitrogen and oxygen atoms in total. The van der Waals surface area contributed by atoms with Gasteiger partial charge in [0.25, 0.3) is 0 Å². The first kappa shape index (κ1) is 13.8. The topological polar surface area (TPSA) is 46.9 Å². The van der Waals surface area contributed by atoms with Crippen LogP contribution < -0.4 is 4.90 Å². The van der Waals surface area contributed by atoms with E-state index in [0.717, 1.165) is 39.0 Å². The van der Waals surface area contributed by atoms with Crippen LogP contribution in [0.2, 0.25) is 0 Å². The highest BCUT2D eigenvalue weighted by molar-refractivity contribution is 5.50. The van der Waals surface area contributed by atoms with Gasteiger partial charge >= 0.3 is 0 Å². The van der Waals surface area contributed by atoms with Crippen molar-refractivity contribution in [1.82, 2.24) is 4.90 Å². The molecule has 0 saturated carbocycles. The van der Waals surface area contributed by atoms with Crippen molar-refractivity contribution in [3.63, 3.8) is 0 Å². The average Bonchev–Trinajstić information content (AvgIpc) is 2.45. The van der Waals surface area contributed by atoms with Gasteiger partial charge in [-0.2, -0.15) is 0 Å². The first-order valence-electron chi connectivity index (χ1n) is 7.24. The Bertz CT molecular complexity index is 469. The predicted molar refractivity (Wildman–Crippen MR) is 75.1 cm³/mol. The Labute approximate surface area is 118 Å². The monoisotopic (exact) mass is 280 g/mol. The Morgan fingerprint density at radius 3 is 2.50 bits per heavy atom. The molecule has 5 heteroatoms. The van der Waals surface area contributed by atoms with Gasteiger partial charge in [-0.3, -0.25) is 4.90 Å². The molecule has 2 fully saturated rings. The Morgan fingerprint density at radius 2 is 1.90 bits per heavy atom. The third-order valence-electron chi connectivity index (χ3n) is 4.44. The van der Waals surface area contributed by atoms with Crippen LogP contribution in [0.4, 0.5) is 10.1 Å². The molecule has 0 bridgehead atoms. The number of aliphatic hydroxyl groups is 2. The summed E-state index contributed by atoms with van der Waals surface area (Å²) in [5, 5.41) is 18.5. The summed E-state index contributed by atoms with van der Waals surface area (Å²) in [6, 6.07) is 5.70. The Morgan fingerprint density at radius 1 is 1.20 bits per heavy atom. The molecule has 0 atom stereocenters. The summed E-state index contributed by atoms with van der Waals surface area (Å²) < 4.78 is 14.2. The number of hydrogen-bond donors (Lipinski definition) is 2. The number of anilines is 1. The van der Waals surface area contributed by atoms with Crippen molar-refractivity contribution in [1.29, 1.82) is 0 Å². The second-order valence-electron chi connectivity index (χ2n) is 5.73. The van der Waals surface area contributed by atoms with Crippen LogP contribution in [0.1, 0.15) is 18.4 Å².